The predicted molar refractivity (Wildman–Crippen MR) is 106 cm³/mol. The van der Waals surface area contributed by atoms with Gasteiger partial charge in [0.2, 0.25) is 0 Å². The highest BCUT2D eigenvalue weighted by molar-refractivity contribution is 7.10. The maximum absolute atomic E-state index is 13.1. The van der Waals surface area contributed by atoms with Crippen molar-refractivity contribution in [1.82, 2.24) is 0 Å². The van der Waals surface area contributed by atoms with Gasteiger partial charge in [0.05, 0.1) is 5.69 Å². The summed E-state index contributed by atoms with van der Waals surface area (Å²) in [6.07, 6.45) is 1.81. The molecule has 1 amide bonds. The van der Waals surface area contributed by atoms with Crippen molar-refractivity contribution >= 4 is 34.8 Å². The maximum Gasteiger partial charge on any atom is 0.282 e. The minimum Gasteiger partial charge on any atom is -0.508 e. The van der Waals surface area contributed by atoms with Crippen LogP contribution >= 0.6 is 11.3 Å². The lowest BCUT2D eigenvalue weighted by molar-refractivity contribution is -0.113. The van der Waals surface area contributed by atoms with Gasteiger partial charge < -0.3 is 5.11 Å². The molecule has 0 saturated heterocycles. The summed E-state index contributed by atoms with van der Waals surface area (Å²) in [4.78, 5) is 20.3. The number of benzene rings is 2. The van der Waals surface area contributed by atoms with E-state index >= 15 is 0 Å². The molecule has 0 bridgehead atoms. The van der Waals surface area contributed by atoms with Crippen molar-refractivity contribution in [2.24, 2.45) is 4.99 Å². The van der Waals surface area contributed by atoms with Crippen LogP contribution in [0.2, 0.25) is 0 Å². The van der Waals surface area contributed by atoms with Gasteiger partial charge in [-0.1, -0.05) is 29.8 Å². The molecule has 2 heterocycles. The van der Waals surface area contributed by atoms with Gasteiger partial charge in [-0.15, -0.1) is 11.3 Å². The summed E-state index contributed by atoms with van der Waals surface area (Å²) in [6.45, 7) is 2.01. The molecular weight excluding hydrogens is 344 g/mol. The standard InChI is InChI=1S/C21H16N2O2S/c1-14-4-2-5-15(12-14)20-22-19(13-18-6-3-11-26-18)21(25)23(20)16-7-9-17(24)10-8-16/h2-13,24H,1H3/b19-13+. The Balaban J connectivity index is 1.84. The number of anilines is 1. The van der Waals surface area contributed by atoms with E-state index in [4.69, 9.17) is 0 Å². The van der Waals surface area contributed by atoms with Crippen LogP contribution in [0.3, 0.4) is 0 Å². The Morgan fingerprint density at radius 2 is 1.88 bits per heavy atom. The summed E-state index contributed by atoms with van der Waals surface area (Å²) in [6, 6.07) is 18.4. The van der Waals surface area contributed by atoms with E-state index in [1.165, 1.54) is 0 Å². The third kappa shape index (κ3) is 3.05. The second-order valence-corrected chi connectivity index (χ2v) is 6.99. The molecule has 5 heteroatoms. The lowest BCUT2D eigenvalue weighted by Crippen LogP contribution is -2.32. The fourth-order valence-electron chi connectivity index (χ4n) is 2.84. The number of amidine groups is 1. The van der Waals surface area contributed by atoms with E-state index in [2.05, 4.69) is 4.99 Å². The molecule has 0 aliphatic carbocycles. The van der Waals surface area contributed by atoms with Gasteiger partial charge in [-0.25, -0.2) is 4.99 Å². The summed E-state index contributed by atoms with van der Waals surface area (Å²) in [5.41, 5.74) is 3.04. The van der Waals surface area contributed by atoms with Gasteiger partial charge in [0.1, 0.15) is 17.3 Å². The number of rotatable bonds is 3. The third-order valence-electron chi connectivity index (χ3n) is 4.07. The second kappa shape index (κ2) is 6.61. The molecule has 4 rings (SSSR count). The molecule has 1 N–H and O–H groups in total. The van der Waals surface area contributed by atoms with Crippen LogP contribution in [0.25, 0.3) is 6.08 Å². The number of carbonyl (C=O) groups excluding carboxylic acids is 1. The largest absolute Gasteiger partial charge is 0.508 e. The first-order chi connectivity index (χ1) is 12.6. The molecule has 0 atom stereocenters. The quantitative estimate of drug-likeness (QED) is 0.694. The molecule has 128 valence electrons. The zero-order valence-corrected chi connectivity index (χ0v) is 14.9. The van der Waals surface area contributed by atoms with E-state index in [1.54, 1.807) is 40.5 Å². The highest BCUT2D eigenvalue weighted by Gasteiger charge is 2.32. The molecule has 0 spiro atoms. The van der Waals surface area contributed by atoms with Crippen LogP contribution in [-0.2, 0) is 4.79 Å². The number of amides is 1. The summed E-state index contributed by atoms with van der Waals surface area (Å²) in [5.74, 6) is 0.566. The molecule has 3 aromatic rings. The second-order valence-electron chi connectivity index (χ2n) is 6.01. The number of hydrogen-bond acceptors (Lipinski definition) is 4. The molecule has 4 nitrogen and oxygen atoms in total. The monoisotopic (exact) mass is 360 g/mol. The zero-order chi connectivity index (χ0) is 18.1. The number of aromatic hydroxyl groups is 1. The van der Waals surface area contributed by atoms with E-state index in [0.717, 1.165) is 16.0 Å². The van der Waals surface area contributed by atoms with Gasteiger partial charge in [0.15, 0.2) is 0 Å². The highest BCUT2D eigenvalue weighted by Crippen LogP contribution is 2.29. The Morgan fingerprint density at radius 1 is 1.08 bits per heavy atom. The highest BCUT2D eigenvalue weighted by atomic mass is 32.1. The number of phenols is 1. The van der Waals surface area contributed by atoms with Gasteiger partial charge in [-0.2, -0.15) is 0 Å². The molecule has 1 aliphatic rings. The van der Waals surface area contributed by atoms with Crippen molar-refractivity contribution < 1.29 is 9.90 Å². The SMILES string of the molecule is Cc1cccc(C2=N/C(=C/c3cccs3)C(=O)N2c2ccc(O)cc2)c1. The van der Waals surface area contributed by atoms with Gasteiger partial charge in [-0.3, -0.25) is 9.69 Å². The molecule has 2 aromatic carbocycles. The minimum absolute atomic E-state index is 0.156. The normalized spacial score (nSPS) is 15.6. The molecule has 26 heavy (non-hydrogen) atoms. The minimum atomic E-state index is -0.180. The van der Waals surface area contributed by atoms with Gasteiger partial charge in [0.25, 0.3) is 5.91 Å². The van der Waals surface area contributed by atoms with Crippen LogP contribution < -0.4 is 4.90 Å². The van der Waals surface area contributed by atoms with E-state index in [-0.39, 0.29) is 11.7 Å². The summed E-state index contributed by atoms with van der Waals surface area (Å²) in [7, 11) is 0. The number of aryl methyl sites for hydroxylation is 1. The summed E-state index contributed by atoms with van der Waals surface area (Å²) in [5, 5.41) is 11.5. The summed E-state index contributed by atoms with van der Waals surface area (Å²) < 4.78 is 0. The first-order valence-corrected chi connectivity index (χ1v) is 9.04. The van der Waals surface area contributed by atoms with E-state index in [0.29, 0.717) is 17.2 Å². The van der Waals surface area contributed by atoms with Gasteiger partial charge in [0, 0.05) is 10.4 Å². The third-order valence-corrected chi connectivity index (χ3v) is 4.89. The van der Waals surface area contributed by atoms with E-state index < -0.39 is 0 Å². The van der Waals surface area contributed by atoms with E-state index in [9.17, 15) is 9.90 Å². The van der Waals surface area contributed by atoms with Crippen molar-refractivity contribution in [3.63, 3.8) is 0 Å². The number of nitrogens with zero attached hydrogens (tertiary/aromatic N) is 2. The number of hydrogen-bond donors (Lipinski definition) is 1. The fourth-order valence-corrected chi connectivity index (χ4v) is 3.49. The smallest absolute Gasteiger partial charge is 0.282 e. The van der Waals surface area contributed by atoms with E-state index in [1.807, 2.05) is 54.8 Å². The van der Waals surface area contributed by atoms with Crippen LogP contribution in [0, 0.1) is 6.92 Å². The van der Waals surface area contributed by atoms with Crippen LogP contribution in [0.4, 0.5) is 5.69 Å². The van der Waals surface area contributed by atoms with Gasteiger partial charge in [-0.05, 0) is 54.8 Å². The zero-order valence-electron chi connectivity index (χ0n) is 14.1. The lowest BCUT2D eigenvalue weighted by Gasteiger charge is -2.18. The molecule has 1 aromatic heterocycles. The molecule has 0 radical (unpaired) electrons. The Hall–Kier alpha value is -3.18. The van der Waals surface area contributed by atoms with Crippen LogP contribution in [0.1, 0.15) is 16.0 Å². The number of thiophene rings is 1. The molecule has 0 saturated carbocycles. The number of carbonyl (C=O) groups is 1. The summed E-state index contributed by atoms with van der Waals surface area (Å²) >= 11 is 1.56. The topological polar surface area (TPSA) is 52.9 Å². The predicted octanol–water partition coefficient (Wildman–Crippen LogP) is 4.60. The molecular formula is C21H16N2O2S. The van der Waals surface area contributed by atoms with Crippen molar-refractivity contribution in [3.05, 3.63) is 87.7 Å². The Morgan fingerprint density at radius 3 is 2.58 bits per heavy atom. The molecule has 1 aliphatic heterocycles. The van der Waals surface area contributed by atoms with Crippen molar-refractivity contribution in [1.29, 1.82) is 0 Å². The maximum atomic E-state index is 13.1. The fraction of sp³-hybridized carbons (Fsp3) is 0.0476. The number of aliphatic imine (C=N–C) groups is 1. The van der Waals surface area contributed by atoms with Crippen molar-refractivity contribution in [2.75, 3.05) is 4.90 Å². The first kappa shape index (κ1) is 16.3. The Kier molecular flexibility index (Phi) is 4.14. The lowest BCUT2D eigenvalue weighted by atomic mass is 10.1. The average Bonchev–Trinajstić information content (AvgIpc) is 3.25. The molecule has 0 unspecified atom stereocenters. The first-order valence-electron chi connectivity index (χ1n) is 8.16. The van der Waals surface area contributed by atoms with Crippen LogP contribution in [0.5, 0.6) is 5.75 Å². The Bertz CT molecular complexity index is 1020. The Labute approximate surface area is 155 Å². The molecule has 0 fully saturated rings. The number of phenolic OH excluding ortho intramolecular Hbond substituents is 1. The van der Waals surface area contributed by atoms with Crippen LogP contribution in [-0.4, -0.2) is 16.8 Å². The average molecular weight is 360 g/mol. The van der Waals surface area contributed by atoms with Crippen molar-refractivity contribution in [3.8, 4) is 5.75 Å². The van der Waals surface area contributed by atoms with Crippen LogP contribution in [0.15, 0.2) is 76.7 Å². The van der Waals surface area contributed by atoms with Crippen molar-refractivity contribution in [2.45, 2.75) is 6.92 Å². The van der Waals surface area contributed by atoms with Gasteiger partial charge >= 0.3 is 0 Å².